The summed E-state index contributed by atoms with van der Waals surface area (Å²) in [6.07, 6.45) is 0. The van der Waals surface area contributed by atoms with E-state index in [1.165, 1.54) is 16.7 Å². The molecular weight excluding hydrogens is 206 g/mol. The fourth-order valence-corrected chi connectivity index (χ4v) is 2.00. The number of benzene rings is 2. The first-order valence-electron chi connectivity index (χ1n) is 5.70. The van der Waals surface area contributed by atoms with Crippen LogP contribution in [0.25, 0.3) is 11.1 Å². The molecule has 0 radical (unpaired) electrons. The monoisotopic (exact) mass is 221 g/mol. The van der Waals surface area contributed by atoms with Gasteiger partial charge in [-0.25, -0.2) is 0 Å². The molecule has 17 heavy (non-hydrogen) atoms. The molecule has 0 unspecified atom stereocenters. The molecule has 0 spiro atoms. The lowest BCUT2D eigenvalue weighted by atomic mass is 9.94. The Morgan fingerprint density at radius 2 is 1.41 bits per heavy atom. The van der Waals surface area contributed by atoms with E-state index in [2.05, 4.69) is 51.1 Å². The maximum Gasteiger partial charge on any atom is 0.0998 e. The number of rotatable bonds is 1. The maximum atomic E-state index is 9.18. The van der Waals surface area contributed by atoms with E-state index in [0.29, 0.717) is 0 Å². The highest BCUT2D eigenvalue weighted by Gasteiger charge is 2.07. The van der Waals surface area contributed by atoms with Crippen LogP contribution in [-0.4, -0.2) is 0 Å². The van der Waals surface area contributed by atoms with E-state index in [1.807, 2.05) is 12.1 Å². The fraction of sp³-hybridized carbons (Fsp3) is 0.188. The van der Waals surface area contributed by atoms with Gasteiger partial charge in [0.2, 0.25) is 0 Å². The zero-order valence-electron chi connectivity index (χ0n) is 10.4. The van der Waals surface area contributed by atoms with Gasteiger partial charge >= 0.3 is 0 Å². The van der Waals surface area contributed by atoms with Crippen molar-refractivity contribution in [3.8, 4) is 17.2 Å². The zero-order valence-corrected chi connectivity index (χ0v) is 10.4. The highest BCUT2D eigenvalue weighted by molar-refractivity contribution is 5.74. The van der Waals surface area contributed by atoms with Gasteiger partial charge in [0.15, 0.2) is 0 Å². The summed E-state index contributed by atoms with van der Waals surface area (Å²) >= 11 is 0. The van der Waals surface area contributed by atoms with E-state index in [0.717, 1.165) is 16.7 Å². The van der Waals surface area contributed by atoms with Crippen LogP contribution in [0, 0.1) is 32.1 Å². The van der Waals surface area contributed by atoms with Crippen LogP contribution in [0.1, 0.15) is 22.3 Å². The second kappa shape index (κ2) is 4.43. The summed E-state index contributed by atoms with van der Waals surface area (Å²) in [5.74, 6) is 0. The van der Waals surface area contributed by atoms with E-state index < -0.39 is 0 Å². The Morgan fingerprint density at radius 3 is 2.06 bits per heavy atom. The molecule has 0 fully saturated rings. The molecular formula is C16H15N. The molecule has 0 aromatic heterocycles. The molecule has 2 aromatic carbocycles. The van der Waals surface area contributed by atoms with Crippen molar-refractivity contribution in [3.63, 3.8) is 0 Å². The maximum absolute atomic E-state index is 9.18. The molecule has 0 atom stereocenters. The van der Waals surface area contributed by atoms with Gasteiger partial charge in [-0.05, 0) is 43.5 Å². The van der Waals surface area contributed by atoms with Crippen molar-refractivity contribution in [2.24, 2.45) is 0 Å². The minimum absolute atomic E-state index is 0.740. The van der Waals surface area contributed by atoms with Crippen molar-refractivity contribution in [1.82, 2.24) is 0 Å². The average Bonchev–Trinajstić information content (AvgIpc) is 2.32. The third-order valence-corrected chi connectivity index (χ3v) is 2.98. The Labute approximate surface area is 102 Å². The first kappa shape index (κ1) is 11.4. The third kappa shape index (κ3) is 2.21. The summed E-state index contributed by atoms with van der Waals surface area (Å²) in [5.41, 5.74) is 6.54. The molecule has 2 aromatic rings. The lowest BCUT2D eigenvalue weighted by Crippen LogP contribution is -1.90. The second-order valence-electron chi connectivity index (χ2n) is 4.48. The molecule has 0 N–H and O–H groups in total. The Morgan fingerprint density at radius 1 is 0.824 bits per heavy atom. The van der Waals surface area contributed by atoms with Crippen LogP contribution in [0.15, 0.2) is 36.4 Å². The van der Waals surface area contributed by atoms with Crippen LogP contribution in [0.2, 0.25) is 0 Å². The highest BCUT2D eigenvalue weighted by Crippen LogP contribution is 2.28. The number of nitriles is 1. The molecule has 0 bridgehead atoms. The first-order valence-corrected chi connectivity index (χ1v) is 5.70. The number of nitrogens with zero attached hydrogens (tertiary/aromatic N) is 1. The Hall–Kier alpha value is -2.07. The summed E-state index contributed by atoms with van der Waals surface area (Å²) in [5, 5.41) is 9.18. The van der Waals surface area contributed by atoms with Crippen LogP contribution >= 0.6 is 0 Å². The molecule has 1 heteroatoms. The zero-order chi connectivity index (χ0) is 12.4. The quantitative estimate of drug-likeness (QED) is 0.709. The van der Waals surface area contributed by atoms with Gasteiger partial charge < -0.3 is 0 Å². The predicted octanol–water partition coefficient (Wildman–Crippen LogP) is 4.15. The molecule has 0 aliphatic rings. The molecule has 2 rings (SSSR count). The summed E-state index contributed by atoms with van der Waals surface area (Å²) in [4.78, 5) is 0. The van der Waals surface area contributed by atoms with Crippen LogP contribution in [-0.2, 0) is 0 Å². The molecule has 0 amide bonds. The van der Waals surface area contributed by atoms with Gasteiger partial charge in [0.05, 0.1) is 11.6 Å². The Bertz CT molecular complexity index is 603. The van der Waals surface area contributed by atoms with E-state index in [9.17, 15) is 5.26 Å². The van der Waals surface area contributed by atoms with Crippen LogP contribution in [0.4, 0.5) is 0 Å². The van der Waals surface area contributed by atoms with Crippen LogP contribution in [0.5, 0.6) is 0 Å². The molecule has 0 saturated carbocycles. The first-order chi connectivity index (χ1) is 8.11. The van der Waals surface area contributed by atoms with Gasteiger partial charge in [0.1, 0.15) is 0 Å². The van der Waals surface area contributed by atoms with Crippen molar-refractivity contribution < 1.29 is 0 Å². The minimum Gasteiger partial charge on any atom is -0.192 e. The Balaban J connectivity index is 2.72. The minimum atomic E-state index is 0.740. The fourth-order valence-electron chi connectivity index (χ4n) is 2.00. The summed E-state index contributed by atoms with van der Waals surface area (Å²) < 4.78 is 0. The van der Waals surface area contributed by atoms with E-state index in [-0.39, 0.29) is 0 Å². The van der Waals surface area contributed by atoms with Gasteiger partial charge in [-0.15, -0.1) is 0 Å². The summed E-state index contributed by atoms with van der Waals surface area (Å²) in [6, 6.07) is 14.6. The van der Waals surface area contributed by atoms with Gasteiger partial charge in [0, 0.05) is 0 Å². The normalized spacial score (nSPS) is 10.0. The second-order valence-corrected chi connectivity index (χ2v) is 4.48. The highest BCUT2D eigenvalue weighted by atomic mass is 14.2. The van der Waals surface area contributed by atoms with Crippen LogP contribution in [0.3, 0.4) is 0 Å². The van der Waals surface area contributed by atoms with Gasteiger partial charge in [-0.2, -0.15) is 5.26 Å². The van der Waals surface area contributed by atoms with E-state index >= 15 is 0 Å². The summed E-state index contributed by atoms with van der Waals surface area (Å²) in [6.45, 7) is 6.21. The molecule has 84 valence electrons. The van der Waals surface area contributed by atoms with Crippen molar-refractivity contribution in [3.05, 3.63) is 58.7 Å². The number of hydrogen-bond donors (Lipinski definition) is 0. The van der Waals surface area contributed by atoms with Gasteiger partial charge in [-0.1, -0.05) is 41.5 Å². The van der Waals surface area contributed by atoms with Gasteiger partial charge in [0.25, 0.3) is 0 Å². The third-order valence-electron chi connectivity index (χ3n) is 2.98. The van der Waals surface area contributed by atoms with Crippen molar-refractivity contribution in [1.29, 1.82) is 5.26 Å². The molecule has 1 nitrogen and oxygen atoms in total. The molecule has 0 aliphatic carbocycles. The predicted molar refractivity (Wildman–Crippen MR) is 70.8 cm³/mol. The average molecular weight is 221 g/mol. The molecule has 0 aliphatic heterocycles. The lowest BCUT2D eigenvalue weighted by Gasteiger charge is -2.10. The largest absolute Gasteiger partial charge is 0.192 e. The topological polar surface area (TPSA) is 23.8 Å². The summed E-state index contributed by atoms with van der Waals surface area (Å²) in [7, 11) is 0. The van der Waals surface area contributed by atoms with Crippen molar-refractivity contribution in [2.45, 2.75) is 20.8 Å². The number of hydrogen-bond acceptors (Lipinski definition) is 1. The molecule has 0 heterocycles. The molecule has 0 saturated heterocycles. The SMILES string of the molecule is Cc1ccc(C)c(-c2cc(C)ccc2C#N)c1. The van der Waals surface area contributed by atoms with Crippen molar-refractivity contribution in [2.75, 3.05) is 0 Å². The van der Waals surface area contributed by atoms with Crippen LogP contribution < -0.4 is 0 Å². The number of aryl methyl sites for hydroxylation is 3. The van der Waals surface area contributed by atoms with E-state index in [1.54, 1.807) is 0 Å². The van der Waals surface area contributed by atoms with Gasteiger partial charge in [-0.3, -0.25) is 0 Å². The smallest absolute Gasteiger partial charge is 0.0998 e. The lowest BCUT2D eigenvalue weighted by molar-refractivity contribution is 1.37. The van der Waals surface area contributed by atoms with E-state index in [4.69, 9.17) is 0 Å². The Kier molecular flexibility index (Phi) is 2.97. The van der Waals surface area contributed by atoms with Crippen molar-refractivity contribution >= 4 is 0 Å². The standard InChI is InChI=1S/C16H15N/c1-11-4-6-13(3)15(8-11)16-9-12(2)5-7-14(16)10-17/h4-9H,1-3H3.